The van der Waals surface area contributed by atoms with Crippen LogP contribution in [0.2, 0.25) is 0 Å². The lowest BCUT2D eigenvalue weighted by Gasteiger charge is -2.18. The highest BCUT2D eigenvalue weighted by molar-refractivity contribution is 7.05. The first-order valence-corrected chi connectivity index (χ1v) is 7.25. The minimum Gasteiger partial charge on any atom is -0.306 e. The second-order valence-corrected chi connectivity index (χ2v) is 5.24. The monoisotopic (exact) mass is 279 g/mol. The zero-order valence-corrected chi connectivity index (χ0v) is 12.2. The van der Waals surface area contributed by atoms with E-state index in [1.54, 1.807) is 6.07 Å². The molecule has 1 aromatic heterocycles. The van der Waals surface area contributed by atoms with E-state index in [4.69, 9.17) is 0 Å². The highest BCUT2D eigenvalue weighted by Gasteiger charge is 2.22. The number of nitrogens with one attached hydrogen (secondary N) is 1. The Morgan fingerprint density at radius 1 is 1.37 bits per heavy atom. The normalized spacial score (nSPS) is 12.6. The third-order valence-corrected chi connectivity index (χ3v) is 3.88. The molecule has 1 N–H and O–H groups in total. The Hall–Kier alpha value is -1.33. The van der Waals surface area contributed by atoms with Gasteiger partial charge in [0, 0.05) is 5.56 Å². The zero-order valence-electron chi connectivity index (χ0n) is 11.4. The van der Waals surface area contributed by atoms with Crippen LogP contribution in [-0.2, 0) is 6.42 Å². The summed E-state index contributed by atoms with van der Waals surface area (Å²) in [5.41, 5.74) is 2.66. The molecule has 2 rings (SSSR count). The van der Waals surface area contributed by atoms with Crippen LogP contribution in [0.1, 0.15) is 41.6 Å². The van der Waals surface area contributed by atoms with Crippen molar-refractivity contribution in [1.29, 1.82) is 0 Å². The molecule has 0 radical (unpaired) electrons. The molecule has 0 amide bonds. The van der Waals surface area contributed by atoms with Gasteiger partial charge in [0.25, 0.3) is 0 Å². The van der Waals surface area contributed by atoms with Gasteiger partial charge >= 0.3 is 0 Å². The molecule has 0 fully saturated rings. The van der Waals surface area contributed by atoms with E-state index < -0.39 is 0 Å². The Kier molecular flexibility index (Phi) is 4.61. The average molecular weight is 279 g/mol. The molecule has 0 saturated heterocycles. The predicted molar refractivity (Wildman–Crippen MR) is 75.9 cm³/mol. The second-order valence-electron chi connectivity index (χ2n) is 4.45. The van der Waals surface area contributed by atoms with Gasteiger partial charge in [-0.25, -0.2) is 4.39 Å². The fourth-order valence-electron chi connectivity index (χ4n) is 2.11. The maximum Gasteiger partial charge on any atom is 0.128 e. The third-order valence-electron chi connectivity index (χ3n) is 3.05. The number of benzene rings is 1. The summed E-state index contributed by atoms with van der Waals surface area (Å²) in [6, 6.07) is 5.03. The molecule has 2 aromatic rings. The van der Waals surface area contributed by atoms with Crippen molar-refractivity contribution in [3.8, 4) is 0 Å². The minimum atomic E-state index is -0.188. The van der Waals surface area contributed by atoms with E-state index in [0.29, 0.717) is 5.56 Å². The molecule has 5 heteroatoms. The summed E-state index contributed by atoms with van der Waals surface area (Å²) in [6.45, 7) is 6.79. The average Bonchev–Trinajstić information content (AvgIpc) is 2.87. The molecule has 0 saturated carbocycles. The molecule has 1 heterocycles. The summed E-state index contributed by atoms with van der Waals surface area (Å²) in [4.78, 5) is 1.01. The number of aromatic nitrogens is 2. The predicted octanol–water partition coefficient (Wildman–Crippen LogP) is 3.25. The van der Waals surface area contributed by atoms with Crippen molar-refractivity contribution in [2.45, 2.75) is 33.2 Å². The van der Waals surface area contributed by atoms with Gasteiger partial charge in [-0.05, 0) is 37.5 Å². The van der Waals surface area contributed by atoms with Gasteiger partial charge in [0.15, 0.2) is 0 Å². The van der Waals surface area contributed by atoms with Crippen LogP contribution < -0.4 is 5.32 Å². The van der Waals surface area contributed by atoms with Crippen LogP contribution in [-0.4, -0.2) is 16.1 Å². The highest BCUT2D eigenvalue weighted by Crippen LogP contribution is 2.29. The molecule has 0 bridgehead atoms. The van der Waals surface area contributed by atoms with Crippen molar-refractivity contribution in [2.75, 3.05) is 6.54 Å². The van der Waals surface area contributed by atoms with Crippen molar-refractivity contribution >= 4 is 11.5 Å². The number of halogens is 1. The molecule has 0 aliphatic carbocycles. The third kappa shape index (κ3) is 2.98. The number of rotatable bonds is 5. The minimum absolute atomic E-state index is 0.167. The summed E-state index contributed by atoms with van der Waals surface area (Å²) in [5.74, 6) is -0.188. The summed E-state index contributed by atoms with van der Waals surface area (Å²) in [7, 11) is 0. The summed E-state index contributed by atoms with van der Waals surface area (Å²) in [6.07, 6.45) is 0.807. The van der Waals surface area contributed by atoms with Gasteiger partial charge in [-0.3, -0.25) is 0 Å². The number of aryl methyl sites for hydroxylation is 2. The van der Waals surface area contributed by atoms with Crippen molar-refractivity contribution in [3.05, 3.63) is 45.7 Å². The smallest absolute Gasteiger partial charge is 0.128 e. The summed E-state index contributed by atoms with van der Waals surface area (Å²) in [5, 5.41) is 7.46. The van der Waals surface area contributed by atoms with E-state index in [0.717, 1.165) is 29.1 Å². The van der Waals surface area contributed by atoms with E-state index in [9.17, 15) is 4.39 Å². The van der Waals surface area contributed by atoms with Crippen molar-refractivity contribution in [2.24, 2.45) is 0 Å². The fourth-order valence-corrected chi connectivity index (χ4v) is 2.95. The molecule has 19 heavy (non-hydrogen) atoms. The Morgan fingerprint density at radius 3 is 2.84 bits per heavy atom. The van der Waals surface area contributed by atoms with E-state index in [1.165, 1.54) is 17.6 Å². The molecule has 3 nitrogen and oxygen atoms in total. The van der Waals surface area contributed by atoms with E-state index in [-0.39, 0.29) is 11.9 Å². The molecular formula is C14H18FN3S. The number of hydrogen-bond acceptors (Lipinski definition) is 4. The van der Waals surface area contributed by atoms with Crippen LogP contribution in [0.3, 0.4) is 0 Å². The Bertz CT molecular complexity index is 553. The van der Waals surface area contributed by atoms with Crippen LogP contribution in [0.15, 0.2) is 18.2 Å². The highest BCUT2D eigenvalue weighted by atomic mass is 32.1. The first-order valence-electron chi connectivity index (χ1n) is 6.47. The maximum absolute atomic E-state index is 14.1. The molecular weight excluding hydrogens is 261 g/mol. The van der Waals surface area contributed by atoms with Crippen molar-refractivity contribution in [1.82, 2.24) is 14.9 Å². The summed E-state index contributed by atoms with van der Waals surface area (Å²) < 4.78 is 18.1. The van der Waals surface area contributed by atoms with Gasteiger partial charge in [-0.2, -0.15) is 0 Å². The topological polar surface area (TPSA) is 37.8 Å². The molecule has 102 valence electrons. The first kappa shape index (κ1) is 14.1. The molecule has 1 atom stereocenters. The van der Waals surface area contributed by atoms with Crippen LogP contribution in [0.4, 0.5) is 4.39 Å². The first-order chi connectivity index (χ1) is 9.17. The fraction of sp³-hybridized carbons (Fsp3) is 0.429. The maximum atomic E-state index is 14.1. The lowest BCUT2D eigenvalue weighted by Crippen LogP contribution is -2.23. The Balaban J connectivity index is 2.48. The van der Waals surface area contributed by atoms with E-state index in [2.05, 4.69) is 14.9 Å². The number of nitrogens with zero attached hydrogens (tertiary/aromatic N) is 2. The second kappa shape index (κ2) is 6.21. The van der Waals surface area contributed by atoms with Gasteiger partial charge in [-0.15, -0.1) is 5.10 Å². The molecule has 1 aromatic carbocycles. The largest absolute Gasteiger partial charge is 0.306 e. The van der Waals surface area contributed by atoms with Crippen LogP contribution >= 0.6 is 11.5 Å². The van der Waals surface area contributed by atoms with Gasteiger partial charge in [0.2, 0.25) is 0 Å². The van der Waals surface area contributed by atoms with Gasteiger partial charge < -0.3 is 5.32 Å². The van der Waals surface area contributed by atoms with Crippen LogP contribution in [0.25, 0.3) is 0 Å². The molecule has 0 spiro atoms. The molecule has 0 aliphatic rings. The van der Waals surface area contributed by atoms with Crippen molar-refractivity contribution in [3.63, 3.8) is 0 Å². The van der Waals surface area contributed by atoms with Gasteiger partial charge in [-0.1, -0.05) is 36.0 Å². The van der Waals surface area contributed by atoms with Crippen LogP contribution in [0.5, 0.6) is 0 Å². The molecule has 0 aliphatic heterocycles. The Morgan fingerprint density at radius 2 is 2.16 bits per heavy atom. The van der Waals surface area contributed by atoms with Gasteiger partial charge in [0.05, 0.1) is 16.6 Å². The van der Waals surface area contributed by atoms with Crippen molar-refractivity contribution < 1.29 is 4.39 Å². The summed E-state index contributed by atoms with van der Waals surface area (Å²) >= 11 is 1.34. The van der Waals surface area contributed by atoms with Crippen LogP contribution in [0, 0.1) is 12.7 Å². The zero-order chi connectivity index (χ0) is 13.8. The standard InChI is InChI=1S/C14H18FN3S/c1-4-12-14(19-18-17-12)13(16-5-2)10-8-9(3)6-7-11(10)15/h6-8,13,16H,4-5H2,1-3H3. The van der Waals surface area contributed by atoms with E-state index in [1.807, 2.05) is 26.8 Å². The number of hydrogen-bond donors (Lipinski definition) is 1. The van der Waals surface area contributed by atoms with Gasteiger partial charge in [0.1, 0.15) is 5.82 Å². The quantitative estimate of drug-likeness (QED) is 0.913. The Labute approximate surface area is 117 Å². The lowest BCUT2D eigenvalue weighted by molar-refractivity contribution is 0.560. The SMILES string of the molecule is CCNC(c1cc(C)ccc1F)c1snnc1CC. The lowest BCUT2D eigenvalue weighted by atomic mass is 10.0. The molecule has 1 unspecified atom stereocenters. The van der Waals surface area contributed by atoms with E-state index >= 15 is 0 Å².